The van der Waals surface area contributed by atoms with Gasteiger partial charge in [-0.2, -0.15) is 0 Å². The average molecular weight is 552 g/mol. The van der Waals surface area contributed by atoms with Gasteiger partial charge in [-0.3, -0.25) is 15.2 Å². The first-order chi connectivity index (χ1) is 19.2. The number of methoxy groups -OCH3 is 1. The molecule has 208 valence electrons. The maximum atomic E-state index is 15.9. The Morgan fingerprint density at radius 1 is 1.30 bits per heavy atom. The van der Waals surface area contributed by atoms with Crippen LogP contribution in [0.5, 0.6) is 11.5 Å². The lowest BCUT2D eigenvalue weighted by Gasteiger charge is -2.24. The number of rotatable bonds is 7. The first kappa shape index (κ1) is 27.9. The number of carboxylic acids is 1. The molecular weight excluding hydrogens is 525 g/mol. The normalized spacial score (nSPS) is 12.8. The molecular formula is C26H26FN7O6. The molecule has 14 heteroatoms. The summed E-state index contributed by atoms with van der Waals surface area (Å²) in [6, 6.07) is 10.2. The number of benzene rings is 2. The fourth-order valence-electron chi connectivity index (χ4n) is 4.07. The molecule has 13 nitrogen and oxygen atoms in total. The van der Waals surface area contributed by atoms with Crippen LogP contribution in [-0.4, -0.2) is 55.5 Å². The van der Waals surface area contributed by atoms with Gasteiger partial charge in [-0.1, -0.05) is 24.3 Å². The standard InChI is InChI=1S/C24H22FN7O4.C2H4O2/c1-34-18-10-15(19(25)17-11-35-12-36-20(17)18)16(9-13-3-5-14(6-4-13)21(26)27)22-30-24(33)32(31-22)23-28-7-2-8-29-23;1-2(3)4/h2-8,10,16H,9,11-12H2,1H3,(H3,26,27)(H,30,31,33);1H3,(H,3,4). The summed E-state index contributed by atoms with van der Waals surface area (Å²) in [7, 11) is 1.47. The minimum Gasteiger partial charge on any atom is -0.493 e. The second-order valence-electron chi connectivity index (χ2n) is 8.56. The summed E-state index contributed by atoms with van der Waals surface area (Å²) in [5.74, 6) is -1.24. The van der Waals surface area contributed by atoms with E-state index in [1.807, 2.05) is 0 Å². The van der Waals surface area contributed by atoms with Crippen LogP contribution in [0.4, 0.5) is 4.39 Å². The van der Waals surface area contributed by atoms with Gasteiger partial charge in [0.1, 0.15) is 17.5 Å². The molecule has 0 radical (unpaired) electrons. The number of nitrogens with zero attached hydrogens (tertiary/aromatic N) is 4. The summed E-state index contributed by atoms with van der Waals surface area (Å²) in [6.07, 6.45) is 3.25. The molecule has 2 aromatic heterocycles. The molecule has 5 rings (SSSR count). The van der Waals surface area contributed by atoms with Crippen LogP contribution in [0, 0.1) is 11.2 Å². The maximum absolute atomic E-state index is 15.9. The van der Waals surface area contributed by atoms with Gasteiger partial charge in [0.25, 0.3) is 11.9 Å². The van der Waals surface area contributed by atoms with E-state index in [1.54, 1.807) is 36.4 Å². The van der Waals surface area contributed by atoms with Crippen molar-refractivity contribution in [1.82, 2.24) is 24.7 Å². The molecule has 0 saturated carbocycles. The predicted octanol–water partition coefficient (Wildman–Crippen LogP) is 2.11. The Kier molecular flexibility index (Phi) is 8.49. The first-order valence-corrected chi connectivity index (χ1v) is 11.9. The highest BCUT2D eigenvalue weighted by molar-refractivity contribution is 5.94. The number of halogens is 1. The van der Waals surface area contributed by atoms with Crippen LogP contribution < -0.4 is 20.9 Å². The maximum Gasteiger partial charge on any atom is 0.350 e. The molecule has 2 aromatic carbocycles. The largest absolute Gasteiger partial charge is 0.493 e. The third-order valence-electron chi connectivity index (χ3n) is 5.84. The van der Waals surface area contributed by atoms with Crippen molar-refractivity contribution in [3.05, 3.63) is 93.2 Å². The quantitative estimate of drug-likeness (QED) is 0.195. The molecule has 1 aliphatic rings. The van der Waals surface area contributed by atoms with Gasteiger partial charge >= 0.3 is 5.69 Å². The smallest absolute Gasteiger partial charge is 0.350 e. The molecule has 0 bridgehead atoms. The van der Waals surface area contributed by atoms with Crippen molar-refractivity contribution in [2.75, 3.05) is 13.9 Å². The number of fused-ring (bicyclic) bond motifs is 1. The lowest BCUT2D eigenvalue weighted by Crippen LogP contribution is -2.18. The zero-order valence-corrected chi connectivity index (χ0v) is 21.6. The summed E-state index contributed by atoms with van der Waals surface area (Å²) < 4.78 is 33.2. The zero-order valence-electron chi connectivity index (χ0n) is 21.6. The number of aromatic amines is 1. The molecule has 3 heterocycles. The Balaban J connectivity index is 0.000000867. The molecule has 0 aliphatic carbocycles. The van der Waals surface area contributed by atoms with E-state index in [4.69, 9.17) is 35.3 Å². The van der Waals surface area contributed by atoms with E-state index >= 15 is 4.39 Å². The van der Waals surface area contributed by atoms with E-state index in [2.05, 4.69) is 20.1 Å². The van der Waals surface area contributed by atoms with E-state index in [0.717, 1.165) is 17.2 Å². The molecule has 1 atom stereocenters. The van der Waals surface area contributed by atoms with E-state index < -0.39 is 23.4 Å². The predicted molar refractivity (Wildman–Crippen MR) is 139 cm³/mol. The summed E-state index contributed by atoms with van der Waals surface area (Å²) in [5, 5.41) is 19.4. The molecule has 1 aliphatic heterocycles. The summed E-state index contributed by atoms with van der Waals surface area (Å²) in [6.45, 7) is 1.08. The third kappa shape index (κ3) is 6.13. The zero-order chi connectivity index (χ0) is 28.8. The first-order valence-electron chi connectivity index (χ1n) is 11.9. The van der Waals surface area contributed by atoms with Crippen molar-refractivity contribution >= 4 is 11.8 Å². The molecule has 0 fully saturated rings. The van der Waals surface area contributed by atoms with Crippen LogP contribution in [0.2, 0.25) is 0 Å². The molecule has 0 amide bonds. The van der Waals surface area contributed by atoms with Crippen LogP contribution in [0.15, 0.2) is 53.6 Å². The van der Waals surface area contributed by atoms with Gasteiger partial charge in [-0.15, -0.1) is 9.78 Å². The number of amidine groups is 1. The van der Waals surface area contributed by atoms with Crippen molar-refractivity contribution in [2.24, 2.45) is 5.73 Å². The number of carbonyl (C=O) groups is 1. The number of ether oxygens (including phenoxy) is 3. The highest BCUT2D eigenvalue weighted by atomic mass is 19.1. The van der Waals surface area contributed by atoms with Crippen molar-refractivity contribution in [3.63, 3.8) is 0 Å². The number of nitrogens with two attached hydrogens (primary N) is 1. The lowest BCUT2D eigenvalue weighted by molar-refractivity contribution is -0.134. The molecule has 1 unspecified atom stereocenters. The Hall–Kier alpha value is -5.11. The van der Waals surface area contributed by atoms with Crippen LogP contribution in [0.3, 0.4) is 0 Å². The highest BCUT2D eigenvalue weighted by Gasteiger charge is 2.30. The number of carboxylic acid groups (broad SMARTS) is 1. The molecule has 4 aromatic rings. The second kappa shape index (κ2) is 12.2. The van der Waals surface area contributed by atoms with Crippen molar-refractivity contribution < 1.29 is 28.5 Å². The number of aromatic nitrogens is 5. The van der Waals surface area contributed by atoms with Gasteiger partial charge in [0.15, 0.2) is 18.3 Å². The van der Waals surface area contributed by atoms with Crippen LogP contribution in [-0.2, 0) is 22.6 Å². The Morgan fingerprint density at radius 2 is 1.98 bits per heavy atom. The number of H-pyrrole nitrogens is 1. The highest BCUT2D eigenvalue weighted by Crippen LogP contribution is 2.41. The van der Waals surface area contributed by atoms with Crippen molar-refractivity contribution in [3.8, 4) is 17.4 Å². The fourth-order valence-corrected chi connectivity index (χ4v) is 4.07. The van der Waals surface area contributed by atoms with Crippen molar-refractivity contribution in [1.29, 1.82) is 5.41 Å². The SMILES string of the molecule is CC(=O)O.COc1cc(C(Cc2ccc(C(=N)N)cc2)c2nn(-c3ncccn3)c(=O)[nH]2)c(F)c2c1OCOC2. The van der Waals surface area contributed by atoms with E-state index in [1.165, 1.54) is 19.5 Å². The Morgan fingerprint density at radius 3 is 2.60 bits per heavy atom. The van der Waals surface area contributed by atoms with Gasteiger partial charge in [0.05, 0.1) is 25.2 Å². The van der Waals surface area contributed by atoms with E-state index in [9.17, 15) is 4.79 Å². The molecule has 0 saturated heterocycles. The number of nitrogen functional groups attached to an aromatic ring is 1. The second-order valence-corrected chi connectivity index (χ2v) is 8.56. The van der Waals surface area contributed by atoms with Gasteiger partial charge in [0, 0.05) is 30.4 Å². The topological polar surface area (TPSA) is 191 Å². The monoisotopic (exact) mass is 551 g/mol. The lowest BCUT2D eigenvalue weighted by atomic mass is 9.88. The fraction of sp³-hybridized carbons (Fsp3) is 0.231. The third-order valence-corrected chi connectivity index (χ3v) is 5.84. The summed E-state index contributed by atoms with van der Waals surface area (Å²) >= 11 is 0. The van der Waals surface area contributed by atoms with E-state index in [-0.39, 0.29) is 54.3 Å². The minimum atomic E-state index is -0.833. The average Bonchev–Trinajstić information content (AvgIpc) is 3.34. The summed E-state index contributed by atoms with van der Waals surface area (Å²) in [4.78, 5) is 32.6. The van der Waals surface area contributed by atoms with E-state index in [0.29, 0.717) is 11.3 Å². The van der Waals surface area contributed by atoms with Crippen LogP contribution in [0.25, 0.3) is 5.95 Å². The van der Waals surface area contributed by atoms with Gasteiger partial charge in [-0.25, -0.2) is 19.2 Å². The van der Waals surface area contributed by atoms with Crippen molar-refractivity contribution in [2.45, 2.75) is 25.9 Å². The Labute approximate surface area is 226 Å². The number of aliphatic carboxylic acids is 1. The number of nitrogens with one attached hydrogen (secondary N) is 2. The van der Waals surface area contributed by atoms with Crippen LogP contribution >= 0.6 is 0 Å². The van der Waals surface area contributed by atoms with Gasteiger partial charge in [0.2, 0.25) is 0 Å². The minimum absolute atomic E-state index is 0.00815. The van der Waals surface area contributed by atoms with Gasteiger partial charge < -0.3 is 25.1 Å². The van der Waals surface area contributed by atoms with Crippen LogP contribution in [0.1, 0.15) is 40.9 Å². The van der Waals surface area contributed by atoms with Gasteiger partial charge in [-0.05, 0) is 24.1 Å². The number of hydrogen-bond donors (Lipinski definition) is 4. The molecule has 40 heavy (non-hydrogen) atoms. The Bertz CT molecular complexity index is 1570. The number of hydrogen-bond acceptors (Lipinski definition) is 9. The summed E-state index contributed by atoms with van der Waals surface area (Å²) in [5.41, 5.74) is 6.84. The molecule has 0 spiro atoms. The molecule has 5 N–H and O–H groups in total.